The molecule has 20 heavy (non-hydrogen) atoms. The highest BCUT2D eigenvalue weighted by atomic mass is 19.1. The third kappa shape index (κ3) is 2.47. The minimum Gasteiger partial charge on any atom is -0.508 e. The lowest BCUT2D eigenvalue weighted by molar-refractivity contribution is 0.455. The van der Waals surface area contributed by atoms with Crippen molar-refractivity contribution in [3.63, 3.8) is 0 Å². The number of aromatic nitrogens is 2. The van der Waals surface area contributed by atoms with Crippen molar-refractivity contribution in [2.24, 2.45) is 0 Å². The Labute approximate surface area is 114 Å². The van der Waals surface area contributed by atoms with E-state index in [0.29, 0.717) is 17.2 Å². The molecule has 0 unspecified atom stereocenters. The third-order valence-corrected chi connectivity index (χ3v) is 2.71. The predicted molar refractivity (Wildman–Crippen MR) is 71.7 cm³/mol. The normalized spacial score (nSPS) is 10.4. The van der Waals surface area contributed by atoms with Crippen LogP contribution in [0.5, 0.6) is 17.2 Å². The average molecular weight is 270 g/mol. The van der Waals surface area contributed by atoms with Gasteiger partial charge in [-0.05, 0) is 24.3 Å². The summed E-state index contributed by atoms with van der Waals surface area (Å²) >= 11 is 0. The number of aromatic hydroxyl groups is 1. The maximum Gasteiger partial charge on any atom is 0.165 e. The van der Waals surface area contributed by atoms with E-state index in [0.717, 1.165) is 0 Å². The molecule has 1 N–H and O–H groups in total. The summed E-state index contributed by atoms with van der Waals surface area (Å²) in [7, 11) is 0. The van der Waals surface area contributed by atoms with E-state index in [9.17, 15) is 9.50 Å². The number of hydrogen-bond acceptors (Lipinski definition) is 3. The second-order valence-corrected chi connectivity index (χ2v) is 4.17. The fourth-order valence-electron chi connectivity index (χ4n) is 1.81. The van der Waals surface area contributed by atoms with Crippen LogP contribution in [-0.2, 0) is 0 Å². The van der Waals surface area contributed by atoms with Crippen LogP contribution in [0.4, 0.5) is 4.39 Å². The maximum atomic E-state index is 13.6. The van der Waals surface area contributed by atoms with E-state index in [1.54, 1.807) is 42.6 Å². The van der Waals surface area contributed by atoms with Crippen LogP contribution in [-0.4, -0.2) is 14.9 Å². The van der Waals surface area contributed by atoms with Gasteiger partial charge in [0, 0.05) is 6.07 Å². The van der Waals surface area contributed by atoms with Crippen molar-refractivity contribution in [2.45, 2.75) is 0 Å². The zero-order valence-electron chi connectivity index (χ0n) is 10.4. The van der Waals surface area contributed by atoms with Crippen molar-refractivity contribution in [3.05, 3.63) is 66.7 Å². The highest BCUT2D eigenvalue weighted by Crippen LogP contribution is 2.25. The zero-order valence-corrected chi connectivity index (χ0v) is 10.4. The summed E-state index contributed by atoms with van der Waals surface area (Å²) < 4.78 is 20.6. The van der Waals surface area contributed by atoms with Gasteiger partial charge in [-0.3, -0.25) is 0 Å². The number of nitrogens with zero attached hydrogens (tertiary/aromatic N) is 2. The molecule has 0 radical (unpaired) electrons. The van der Waals surface area contributed by atoms with Crippen molar-refractivity contribution < 1.29 is 14.2 Å². The fraction of sp³-hybridized carbons (Fsp3) is 0. The second-order valence-electron chi connectivity index (χ2n) is 4.17. The van der Waals surface area contributed by atoms with E-state index in [4.69, 9.17) is 4.74 Å². The molecule has 100 valence electrons. The maximum absolute atomic E-state index is 13.6. The van der Waals surface area contributed by atoms with Crippen LogP contribution < -0.4 is 4.74 Å². The van der Waals surface area contributed by atoms with E-state index in [2.05, 4.69) is 5.10 Å². The fourth-order valence-corrected chi connectivity index (χ4v) is 1.81. The summed E-state index contributed by atoms with van der Waals surface area (Å²) in [6.07, 6.45) is 3.05. The van der Waals surface area contributed by atoms with Crippen molar-refractivity contribution in [2.75, 3.05) is 0 Å². The molecule has 4 nitrogen and oxygen atoms in total. The molecule has 3 aromatic rings. The van der Waals surface area contributed by atoms with Gasteiger partial charge in [0.2, 0.25) is 0 Å². The molecule has 0 amide bonds. The van der Waals surface area contributed by atoms with Gasteiger partial charge >= 0.3 is 0 Å². The molecule has 2 aromatic carbocycles. The number of hydrogen-bond donors (Lipinski definition) is 1. The van der Waals surface area contributed by atoms with Crippen molar-refractivity contribution in [3.8, 4) is 22.9 Å². The van der Waals surface area contributed by atoms with Gasteiger partial charge in [-0.1, -0.05) is 18.2 Å². The van der Waals surface area contributed by atoms with E-state index in [1.165, 1.54) is 23.0 Å². The molecular weight excluding hydrogens is 259 g/mol. The summed E-state index contributed by atoms with van der Waals surface area (Å²) in [6, 6.07) is 12.8. The van der Waals surface area contributed by atoms with Crippen molar-refractivity contribution in [1.29, 1.82) is 0 Å². The number of phenolic OH excluding ortho intramolecular Hbond substituents is 1. The van der Waals surface area contributed by atoms with Gasteiger partial charge in [-0.2, -0.15) is 5.10 Å². The first kappa shape index (κ1) is 12.2. The topological polar surface area (TPSA) is 47.3 Å². The Bertz CT molecular complexity index is 740. The van der Waals surface area contributed by atoms with Crippen molar-refractivity contribution >= 4 is 0 Å². The van der Waals surface area contributed by atoms with Crippen LogP contribution in [0.15, 0.2) is 60.9 Å². The Kier molecular flexibility index (Phi) is 3.09. The lowest BCUT2D eigenvalue weighted by Crippen LogP contribution is -1.96. The Morgan fingerprint density at radius 3 is 2.70 bits per heavy atom. The second kappa shape index (κ2) is 5.05. The Hall–Kier alpha value is -2.82. The van der Waals surface area contributed by atoms with E-state index >= 15 is 0 Å². The summed E-state index contributed by atoms with van der Waals surface area (Å²) in [4.78, 5) is 0. The molecule has 5 heteroatoms. The van der Waals surface area contributed by atoms with Gasteiger partial charge in [0.15, 0.2) is 5.75 Å². The van der Waals surface area contributed by atoms with E-state index in [1.807, 2.05) is 0 Å². The molecule has 0 spiro atoms. The quantitative estimate of drug-likeness (QED) is 0.792. The molecule has 0 bridgehead atoms. The first-order chi connectivity index (χ1) is 9.72. The van der Waals surface area contributed by atoms with Gasteiger partial charge in [-0.15, -0.1) is 0 Å². The predicted octanol–water partition coefficient (Wildman–Crippen LogP) is 3.51. The summed E-state index contributed by atoms with van der Waals surface area (Å²) in [5.74, 6) is 0.695. The van der Waals surface area contributed by atoms with Crippen molar-refractivity contribution in [1.82, 2.24) is 9.78 Å². The van der Waals surface area contributed by atoms with Crippen LogP contribution in [0.1, 0.15) is 0 Å². The molecule has 0 fully saturated rings. The first-order valence-electron chi connectivity index (χ1n) is 5.99. The highest BCUT2D eigenvalue weighted by molar-refractivity contribution is 5.37. The summed E-state index contributed by atoms with van der Waals surface area (Å²) in [5, 5.41) is 13.4. The number of halogens is 1. The number of phenols is 1. The van der Waals surface area contributed by atoms with Gasteiger partial charge in [-0.25, -0.2) is 9.07 Å². The molecule has 0 saturated carbocycles. The molecule has 0 aliphatic heterocycles. The Balaban J connectivity index is 1.86. The number of ether oxygens (including phenoxy) is 1. The molecule has 1 aromatic heterocycles. The molecule has 0 aliphatic rings. The lowest BCUT2D eigenvalue weighted by atomic mass is 10.3. The average Bonchev–Trinajstić information content (AvgIpc) is 2.87. The lowest BCUT2D eigenvalue weighted by Gasteiger charge is -2.03. The van der Waals surface area contributed by atoms with Gasteiger partial charge in [0.05, 0.1) is 12.4 Å². The minimum atomic E-state index is -0.362. The summed E-state index contributed by atoms with van der Waals surface area (Å²) in [6.45, 7) is 0. The largest absolute Gasteiger partial charge is 0.508 e. The molecule has 0 atom stereocenters. The number of para-hydroxylation sites is 1. The zero-order chi connectivity index (χ0) is 13.9. The Morgan fingerprint density at radius 1 is 1.05 bits per heavy atom. The molecular formula is C15H11FN2O2. The monoisotopic (exact) mass is 270 g/mol. The van der Waals surface area contributed by atoms with Gasteiger partial charge in [0.1, 0.15) is 23.0 Å². The Morgan fingerprint density at radius 2 is 1.90 bits per heavy atom. The van der Waals surface area contributed by atoms with Crippen LogP contribution in [0, 0.1) is 5.82 Å². The third-order valence-electron chi connectivity index (χ3n) is 2.71. The molecule has 3 rings (SSSR count). The van der Waals surface area contributed by atoms with Crippen LogP contribution in [0.25, 0.3) is 5.69 Å². The van der Waals surface area contributed by atoms with Gasteiger partial charge < -0.3 is 9.84 Å². The summed E-state index contributed by atoms with van der Waals surface area (Å²) in [5.41, 5.74) is 0.346. The molecule has 0 saturated heterocycles. The molecule has 1 heterocycles. The van der Waals surface area contributed by atoms with Crippen LogP contribution in [0.2, 0.25) is 0 Å². The smallest absolute Gasteiger partial charge is 0.165 e. The standard InChI is InChI=1S/C15H11FN2O2/c16-14-6-1-2-7-15(14)18-10-13(9-17-18)20-12-5-3-4-11(19)8-12/h1-10,19H. The van der Waals surface area contributed by atoms with Crippen LogP contribution in [0.3, 0.4) is 0 Å². The minimum absolute atomic E-state index is 0.115. The number of benzene rings is 2. The molecule has 0 aliphatic carbocycles. The number of rotatable bonds is 3. The van der Waals surface area contributed by atoms with E-state index < -0.39 is 0 Å². The van der Waals surface area contributed by atoms with E-state index in [-0.39, 0.29) is 11.6 Å². The SMILES string of the molecule is Oc1cccc(Oc2cnn(-c3ccccc3F)c2)c1. The van der Waals surface area contributed by atoms with Gasteiger partial charge in [0.25, 0.3) is 0 Å². The van der Waals surface area contributed by atoms with Crippen LogP contribution >= 0.6 is 0 Å². The first-order valence-corrected chi connectivity index (χ1v) is 5.99. The highest BCUT2D eigenvalue weighted by Gasteiger charge is 2.07.